The maximum absolute atomic E-state index is 11.7. The summed E-state index contributed by atoms with van der Waals surface area (Å²) in [5, 5.41) is 12.0. The van der Waals surface area contributed by atoms with Crippen molar-refractivity contribution in [2.24, 2.45) is 0 Å². The molecule has 17 heavy (non-hydrogen) atoms. The van der Waals surface area contributed by atoms with Gasteiger partial charge in [0.1, 0.15) is 6.54 Å². The fourth-order valence-corrected chi connectivity index (χ4v) is 1.92. The fraction of sp³-hybridized carbons (Fsp3) is 0.545. The zero-order chi connectivity index (χ0) is 12.3. The molecule has 1 aliphatic carbocycles. The summed E-state index contributed by atoms with van der Waals surface area (Å²) in [7, 11) is 0. The van der Waals surface area contributed by atoms with Crippen molar-refractivity contribution >= 4 is 5.91 Å². The van der Waals surface area contributed by atoms with Gasteiger partial charge in [-0.25, -0.2) is 9.78 Å². The van der Waals surface area contributed by atoms with Crippen LogP contribution in [0.3, 0.4) is 0 Å². The summed E-state index contributed by atoms with van der Waals surface area (Å²) in [6.07, 6.45) is 5.49. The molecule has 92 valence electrons. The van der Waals surface area contributed by atoms with E-state index in [1.165, 1.54) is 17.0 Å². The van der Waals surface area contributed by atoms with E-state index in [0.717, 1.165) is 19.3 Å². The third kappa shape index (κ3) is 2.52. The molecule has 0 atom stereocenters. The first-order valence-electron chi connectivity index (χ1n) is 5.59. The number of hydrogen-bond acceptors (Lipinski definition) is 4. The number of amides is 1. The second-order valence-corrected chi connectivity index (χ2v) is 4.37. The molecule has 1 aromatic rings. The third-order valence-corrected chi connectivity index (χ3v) is 3.11. The van der Waals surface area contributed by atoms with Crippen LogP contribution < -0.4 is 11.0 Å². The molecule has 1 aromatic heterocycles. The predicted octanol–water partition coefficient (Wildman–Crippen LogP) is -0.725. The van der Waals surface area contributed by atoms with Gasteiger partial charge in [-0.2, -0.15) is 0 Å². The topological polar surface area (TPSA) is 84.2 Å². The van der Waals surface area contributed by atoms with E-state index in [-0.39, 0.29) is 19.1 Å². The minimum absolute atomic E-state index is 0.0549. The molecule has 1 saturated carbocycles. The van der Waals surface area contributed by atoms with Crippen LogP contribution in [0.4, 0.5) is 0 Å². The molecular formula is C11H15N3O3. The highest BCUT2D eigenvalue weighted by molar-refractivity contribution is 5.76. The highest BCUT2D eigenvalue weighted by Crippen LogP contribution is 2.30. The van der Waals surface area contributed by atoms with Gasteiger partial charge >= 0.3 is 5.69 Å². The quantitative estimate of drug-likeness (QED) is 0.723. The van der Waals surface area contributed by atoms with Crippen LogP contribution in [0.15, 0.2) is 23.3 Å². The second kappa shape index (κ2) is 4.67. The van der Waals surface area contributed by atoms with Crippen LogP contribution >= 0.6 is 0 Å². The molecular weight excluding hydrogens is 222 g/mol. The van der Waals surface area contributed by atoms with Crippen molar-refractivity contribution in [2.45, 2.75) is 31.3 Å². The molecule has 0 saturated heterocycles. The molecule has 0 aliphatic heterocycles. The summed E-state index contributed by atoms with van der Waals surface area (Å²) in [4.78, 5) is 26.6. The van der Waals surface area contributed by atoms with Gasteiger partial charge in [-0.05, 0) is 25.3 Å². The summed E-state index contributed by atoms with van der Waals surface area (Å²) in [5.74, 6) is -0.270. The van der Waals surface area contributed by atoms with E-state index in [4.69, 9.17) is 0 Å². The van der Waals surface area contributed by atoms with Crippen LogP contribution in [-0.4, -0.2) is 32.7 Å². The normalized spacial score (nSPS) is 17.2. The number of carbonyl (C=O) groups is 1. The Kier molecular flexibility index (Phi) is 3.23. The monoisotopic (exact) mass is 237 g/mol. The number of aromatic nitrogens is 2. The highest BCUT2D eigenvalue weighted by atomic mass is 16.3. The number of aliphatic hydroxyl groups excluding tert-OH is 1. The Morgan fingerprint density at radius 1 is 1.59 bits per heavy atom. The average Bonchev–Trinajstić information content (AvgIpc) is 2.27. The summed E-state index contributed by atoms with van der Waals surface area (Å²) < 4.78 is 1.24. The van der Waals surface area contributed by atoms with Gasteiger partial charge in [-0.15, -0.1) is 0 Å². The van der Waals surface area contributed by atoms with Gasteiger partial charge in [0.15, 0.2) is 0 Å². The van der Waals surface area contributed by atoms with E-state index in [0.29, 0.717) is 0 Å². The number of rotatable bonds is 4. The predicted molar refractivity (Wildman–Crippen MR) is 60.3 cm³/mol. The van der Waals surface area contributed by atoms with E-state index in [1.54, 1.807) is 6.07 Å². The molecule has 0 radical (unpaired) electrons. The smallest absolute Gasteiger partial charge is 0.347 e. The Morgan fingerprint density at radius 2 is 2.35 bits per heavy atom. The van der Waals surface area contributed by atoms with Crippen molar-refractivity contribution in [3.63, 3.8) is 0 Å². The Balaban J connectivity index is 1.98. The van der Waals surface area contributed by atoms with Crippen molar-refractivity contribution < 1.29 is 9.90 Å². The number of carbonyl (C=O) groups excluding carboxylic acids is 1. The molecule has 1 heterocycles. The maximum Gasteiger partial charge on any atom is 0.347 e. The van der Waals surface area contributed by atoms with Gasteiger partial charge in [0.2, 0.25) is 5.91 Å². The first-order valence-corrected chi connectivity index (χ1v) is 5.59. The van der Waals surface area contributed by atoms with Gasteiger partial charge < -0.3 is 10.4 Å². The van der Waals surface area contributed by atoms with Gasteiger partial charge in [-0.1, -0.05) is 0 Å². The van der Waals surface area contributed by atoms with Crippen LogP contribution in [0, 0.1) is 0 Å². The molecule has 0 unspecified atom stereocenters. The third-order valence-electron chi connectivity index (χ3n) is 3.11. The lowest BCUT2D eigenvalue weighted by molar-refractivity contribution is -0.125. The Morgan fingerprint density at radius 3 is 2.88 bits per heavy atom. The lowest BCUT2D eigenvalue weighted by Gasteiger charge is -2.40. The minimum atomic E-state index is -0.469. The average molecular weight is 237 g/mol. The highest BCUT2D eigenvalue weighted by Gasteiger charge is 2.37. The van der Waals surface area contributed by atoms with Crippen molar-refractivity contribution in [3.05, 3.63) is 28.9 Å². The number of nitrogens with one attached hydrogen (secondary N) is 1. The number of aliphatic hydroxyl groups is 1. The zero-order valence-corrected chi connectivity index (χ0v) is 9.43. The Hall–Kier alpha value is -1.69. The fourth-order valence-electron chi connectivity index (χ4n) is 1.92. The lowest BCUT2D eigenvalue weighted by atomic mass is 9.77. The van der Waals surface area contributed by atoms with E-state index < -0.39 is 11.2 Å². The first kappa shape index (κ1) is 11.8. The zero-order valence-electron chi connectivity index (χ0n) is 9.43. The van der Waals surface area contributed by atoms with Crippen molar-refractivity contribution in [1.82, 2.24) is 14.9 Å². The molecule has 1 amide bonds. The molecule has 1 fully saturated rings. The minimum Gasteiger partial charge on any atom is -0.394 e. The largest absolute Gasteiger partial charge is 0.394 e. The molecule has 1 aliphatic rings. The van der Waals surface area contributed by atoms with Gasteiger partial charge in [0.05, 0.1) is 12.1 Å². The molecule has 2 rings (SSSR count). The first-order chi connectivity index (χ1) is 8.15. The Labute approximate surface area is 98.3 Å². The molecule has 0 spiro atoms. The van der Waals surface area contributed by atoms with E-state index in [2.05, 4.69) is 10.3 Å². The number of hydrogen-bond donors (Lipinski definition) is 2. The van der Waals surface area contributed by atoms with Crippen molar-refractivity contribution in [3.8, 4) is 0 Å². The van der Waals surface area contributed by atoms with Crippen LogP contribution in [0.5, 0.6) is 0 Å². The molecule has 6 nitrogen and oxygen atoms in total. The van der Waals surface area contributed by atoms with E-state index >= 15 is 0 Å². The van der Waals surface area contributed by atoms with Gasteiger partial charge in [0, 0.05) is 12.4 Å². The summed E-state index contributed by atoms with van der Waals surface area (Å²) in [5.41, 5.74) is -0.919. The lowest BCUT2D eigenvalue weighted by Crippen LogP contribution is -2.57. The maximum atomic E-state index is 11.7. The van der Waals surface area contributed by atoms with Crippen LogP contribution in [-0.2, 0) is 11.3 Å². The van der Waals surface area contributed by atoms with E-state index in [9.17, 15) is 14.7 Å². The van der Waals surface area contributed by atoms with Crippen molar-refractivity contribution in [2.75, 3.05) is 6.61 Å². The molecule has 2 N–H and O–H groups in total. The summed E-state index contributed by atoms with van der Waals surface area (Å²) in [6, 6.07) is 1.60. The SMILES string of the molecule is O=C(Cn1cccnc1=O)NC1(CO)CCC1. The summed E-state index contributed by atoms with van der Waals surface area (Å²) in [6.45, 7) is -0.116. The van der Waals surface area contributed by atoms with Crippen LogP contribution in [0.2, 0.25) is 0 Å². The standard InChI is InChI=1S/C11H15N3O3/c15-8-11(3-1-4-11)13-9(16)7-14-6-2-5-12-10(14)17/h2,5-6,15H,1,3-4,7-8H2,(H,13,16). The number of nitrogens with zero attached hydrogens (tertiary/aromatic N) is 2. The molecule has 6 heteroatoms. The Bertz CT molecular complexity index is 460. The van der Waals surface area contributed by atoms with Crippen molar-refractivity contribution in [1.29, 1.82) is 0 Å². The van der Waals surface area contributed by atoms with Gasteiger partial charge in [0.25, 0.3) is 0 Å². The van der Waals surface area contributed by atoms with E-state index in [1.807, 2.05) is 0 Å². The van der Waals surface area contributed by atoms with Gasteiger partial charge in [-0.3, -0.25) is 9.36 Å². The molecule has 0 bridgehead atoms. The second-order valence-electron chi connectivity index (χ2n) is 4.37. The summed E-state index contributed by atoms with van der Waals surface area (Å²) >= 11 is 0. The van der Waals surface area contributed by atoms with Crippen LogP contribution in [0.25, 0.3) is 0 Å². The van der Waals surface area contributed by atoms with Crippen LogP contribution in [0.1, 0.15) is 19.3 Å². The molecule has 0 aromatic carbocycles.